The van der Waals surface area contributed by atoms with Gasteiger partial charge in [0.1, 0.15) is 11.3 Å². The summed E-state index contributed by atoms with van der Waals surface area (Å²) in [5.74, 6) is 0.778. The van der Waals surface area contributed by atoms with Crippen LogP contribution in [-0.4, -0.2) is 18.0 Å². The van der Waals surface area contributed by atoms with E-state index in [1.54, 1.807) is 13.3 Å². The molecule has 1 aromatic heterocycles. The first-order valence-electron chi connectivity index (χ1n) is 7.11. The minimum Gasteiger partial charge on any atom is -0.494 e. The summed E-state index contributed by atoms with van der Waals surface area (Å²) in [5.41, 5.74) is 4.87. The number of amides is 1. The maximum absolute atomic E-state index is 11.7. The third-order valence-electron chi connectivity index (χ3n) is 3.99. The van der Waals surface area contributed by atoms with Gasteiger partial charge in [0.05, 0.1) is 13.5 Å². The zero-order valence-electron chi connectivity index (χ0n) is 12.1. The molecular formula is C18H14N2O2. The van der Waals surface area contributed by atoms with Crippen LogP contribution in [0.5, 0.6) is 5.75 Å². The number of hydrogen-bond acceptors (Lipinski definition) is 3. The van der Waals surface area contributed by atoms with Gasteiger partial charge in [-0.1, -0.05) is 18.2 Å². The van der Waals surface area contributed by atoms with E-state index in [2.05, 4.69) is 16.4 Å². The van der Waals surface area contributed by atoms with Gasteiger partial charge in [-0.05, 0) is 41.0 Å². The summed E-state index contributed by atoms with van der Waals surface area (Å²) in [5, 5.41) is 3.91. The molecule has 22 heavy (non-hydrogen) atoms. The standard InChI is InChI=1S/C18H14N2O2/c1-22-16-9-12(8-11-4-3-7-19-18(11)16)13-5-2-6-15-14(13)10-17(21)20-15/h2-9H,10H2,1H3,(H,20,21). The molecular weight excluding hydrogens is 276 g/mol. The van der Waals surface area contributed by atoms with Crippen LogP contribution in [-0.2, 0) is 11.2 Å². The first-order chi connectivity index (χ1) is 10.8. The monoisotopic (exact) mass is 290 g/mol. The third kappa shape index (κ3) is 1.92. The molecule has 0 radical (unpaired) electrons. The molecule has 0 fully saturated rings. The number of benzene rings is 2. The molecule has 0 saturated heterocycles. The number of nitrogens with zero attached hydrogens (tertiary/aromatic N) is 1. The van der Waals surface area contributed by atoms with E-state index >= 15 is 0 Å². The van der Waals surface area contributed by atoms with Gasteiger partial charge in [0.2, 0.25) is 5.91 Å². The largest absolute Gasteiger partial charge is 0.494 e. The summed E-state index contributed by atoms with van der Waals surface area (Å²) in [6.07, 6.45) is 2.17. The van der Waals surface area contributed by atoms with Gasteiger partial charge in [-0.15, -0.1) is 0 Å². The lowest BCUT2D eigenvalue weighted by molar-refractivity contribution is -0.115. The molecule has 4 rings (SSSR count). The summed E-state index contributed by atoms with van der Waals surface area (Å²) in [4.78, 5) is 16.1. The van der Waals surface area contributed by atoms with Gasteiger partial charge in [0.25, 0.3) is 0 Å². The van der Waals surface area contributed by atoms with Crippen molar-refractivity contribution in [3.63, 3.8) is 0 Å². The Labute approximate surface area is 127 Å². The molecule has 1 N–H and O–H groups in total. The first kappa shape index (κ1) is 12.8. The van der Waals surface area contributed by atoms with Gasteiger partial charge in [0, 0.05) is 17.3 Å². The van der Waals surface area contributed by atoms with Crippen LogP contribution in [0.2, 0.25) is 0 Å². The maximum atomic E-state index is 11.7. The van der Waals surface area contributed by atoms with Gasteiger partial charge in [-0.3, -0.25) is 9.78 Å². The average molecular weight is 290 g/mol. The van der Waals surface area contributed by atoms with Crippen LogP contribution < -0.4 is 10.1 Å². The minimum absolute atomic E-state index is 0.0388. The van der Waals surface area contributed by atoms with Crippen LogP contribution in [0.25, 0.3) is 22.0 Å². The highest BCUT2D eigenvalue weighted by atomic mass is 16.5. The number of ether oxygens (including phenoxy) is 1. The number of pyridine rings is 1. The van der Waals surface area contributed by atoms with Crippen LogP contribution in [0.15, 0.2) is 48.7 Å². The Morgan fingerprint density at radius 2 is 2.09 bits per heavy atom. The Kier molecular flexibility index (Phi) is 2.82. The van der Waals surface area contributed by atoms with Crippen molar-refractivity contribution in [3.05, 3.63) is 54.2 Å². The molecule has 1 aliphatic heterocycles. The van der Waals surface area contributed by atoms with Crippen LogP contribution >= 0.6 is 0 Å². The van der Waals surface area contributed by atoms with Gasteiger partial charge < -0.3 is 10.1 Å². The van der Waals surface area contributed by atoms with Crippen molar-refractivity contribution in [1.29, 1.82) is 0 Å². The zero-order valence-corrected chi connectivity index (χ0v) is 12.1. The minimum atomic E-state index is 0.0388. The Bertz CT molecular complexity index is 903. The molecule has 4 nitrogen and oxygen atoms in total. The number of carbonyl (C=O) groups excluding carboxylic acids is 1. The van der Waals surface area contributed by atoms with Gasteiger partial charge in [-0.2, -0.15) is 0 Å². The van der Waals surface area contributed by atoms with Gasteiger partial charge >= 0.3 is 0 Å². The highest BCUT2D eigenvalue weighted by Gasteiger charge is 2.21. The third-order valence-corrected chi connectivity index (χ3v) is 3.99. The van der Waals surface area contributed by atoms with Crippen molar-refractivity contribution in [2.24, 2.45) is 0 Å². The van der Waals surface area contributed by atoms with Crippen molar-refractivity contribution in [1.82, 2.24) is 4.98 Å². The molecule has 108 valence electrons. The molecule has 3 aromatic rings. The lowest BCUT2D eigenvalue weighted by atomic mass is 9.96. The summed E-state index contributed by atoms with van der Waals surface area (Å²) in [6, 6.07) is 13.9. The molecule has 0 unspecified atom stereocenters. The fraction of sp³-hybridized carbons (Fsp3) is 0.111. The van der Waals surface area contributed by atoms with E-state index in [1.807, 2.05) is 36.4 Å². The normalized spacial score (nSPS) is 13.0. The molecule has 1 amide bonds. The maximum Gasteiger partial charge on any atom is 0.228 e. The van der Waals surface area contributed by atoms with E-state index in [1.165, 1.54) is 0 Å². The van der Waals surface area contributed by atoms with Gasteiger partial charge in [-0.25, -0.2) is 0 Å². The fourth-order valence-corrected chi connectivity index (χ4v) is 2.99. The van der Waals surface area contributed by atoms with E-state index in [0.717, 1.165) is 39.0 Å². The van der Waals surface area contributed by atoms with Crippen LogP contribution in [0.4, 0.5) is 5.69 Å². The number of hydrogen-bond donors (Lipinski definition) is 1. The molecule has 0 saturated carbocycles. The second kappa shape index (κ2) is 4.84. The van der Waals surface area contributed by atoms with Crippen LogP contribution in [0.1, 0.15) is 5.56 Å². The van der Waals surface area contributed by atoms with Crippen LogP contribution in [0.3, 0.4) is 0 Å². The lowest BCUT2D eigenvalue weighted by Crippen LogP contribution is -2.03. The highest BCUT2D eigenvalue weighted by molar-refractivity contribution is 6.02. The molecule has 2 aromatic carbocycles. The lowest BCUT2D eigenvalue weighted by Gasteiger charge is -2.11. The van der Waals surface area contributed by atoms with Gasteiger partial charge in [0.15, 0.2) is 0 Å². The Morgan fingerprint density at radius 1 is 1.18 bits per heavy atom. The van der Waals surface area contributed by atoms with E-state index < -0.39 is 0 Å². The number of anilines is 1. The summed E-state index contributed by atoms with van der Waals surface area (Å²) < 4.78 is 5.49. The van der Waals surface area contributed by atoms with E-state index in [0.29, 0.717) is 6.42 Å². The number of fused-ring (bicyclic) bond motifs is 2. The Morgan fingerprint density at radius 3 is 2.95 bits per heavy atom. The predicted molar refractivity (Wildman–Crippen MR) is 86.1 cm³/mol. The average Bonchev–Trinajstić information content (AvgIpc) is 2.93. The van der Waals surface area contributed by atoms with Crippen molar-refractivity contribution < 1.29 is 9.53 Å². The fourth-order valence-electron chi connectivity index (χ4n) is 2.99. The topological polar surface area (TPSA) is 51.2 Å². The van der Waals surface area contributed by atoms with Crippen molar-refractivity contribution in [3.8, 4) is 16.9 Å². The second-order valence-electron chi connectivity index (χ2n) is 5.31. The Hall–Kier alpha value is -2.88. The molecule has 0 spiro atoms. The molecule has 2 heterocycles. The van der Waals surface area contributed by atoms with E-state index in [9.17, 15) is 4.79 Å². The van der Waals surface area contributed by atoms with Crippen molar-refractivity contribution >= 4 is 22.5 Å². The van der Waals surface area contributed by atoms with E-state index in [4.69, 9.17) is 4.74 Å². The van der Waals surface area contributed by atoms with Crippen LogP contribution in [0, 0.1) is 0 Å². The van der Waals surface area contributed by atoms with Crippen molar-refractivity contribution in [2.45, 2.75) is 6.42 Å². The Balaban J connectivity index is 1.96. The van der Waals surface area contributed by atoms with Crippen molar-refractivity contribution in [2.75, 3.05) is 12.4 Å². The number of rotatable bonds is 2. The van der Waals surface area contributed by atoms with E-state index in [-0.39, 0.29) is 5.91 Å². The number of aromatic nitrogens is 1. The summed E-state index contributed by atoms with van der Waals surface area (Å²) in [6.45, 7) is 0. The molecule has 0 aliphatic carbocycles. The highest BCUT2D eigenvalue weighted by Crippen LogP contribution is 2.37. The molecule has 1 aliphatic rings. The zero-order chi connectivity index (χ0) is 15.1. The number of nitrogens with one attached hydrogen (secondary N) is 1. The molecule has 0 atom stereocenters. The summed E-state index contributed by atoms with van der Waals surface area (Å²) >= 11 is 0. The SMILES string of the molecule is COc1cc(-c2cccc3c2CC(=O)N3)cc2cccnc12. The number of methoxy groups -OCH3 is 1. The molecule has 4 heteroatoms. The quantitative estimate of drug-likeness (QED) is 0.787. The first-order valence-corrected chi connectivity index (χ1v) is 7.11. The summed E-state index contributed by atoms with van der Waals surface area (Å²) in [7, 11) is 1.65. The smallest absolute Gasteiger partial charge is 0.228 e. The molecule has 0 bridgehead atoms. The second-order valence-corrected chi connectivity index (χ2v) is 5.31. The predicted octanol–water partition coefficient (Wildman–Crippen LogP) is 3.41. The number of carbonyl (C=O) groups is 1.